The summed E-state index contributed by atoms with van der Waals surface area (Å²) in [7, 11) is 0. The molecular formula is C14H13ClN2O. The SMILES string of the molecule is NC(=O)c1cccc(NCc2ccccc2Cl)c1. The van der Waals surface area contributed by atoms with Crippen molar-refractivity contribution in [2.75, 3.05) is 5.32 Å². The first-order valence-corrected chi connectivity index (χ1v) is 5.92. The van der Waals surface area contributed by atoms with Crippen LogP contribution < -0.4 is 11.1 Å². The van der Waals surface area contributed by atoms with Crippen LogP contribution in [0.2, 0.25) is 5.02 Å². The third-order valence-electron chi connectivity index (χ3n) is 2.59. The van der Waals surface area contributed by atoms with E-state index in [1.807, 2.05) is 30.3 Å². The maximum absolute atomic E-state index is 11.1. The molecule has 0 radical (unpaired) electrons. The fourth-order valence-corrected chi connectivity index (χ4v) is 1.82. The highest BCUT2D eigenvalue weighted by atomic mass is 35.5. The van der Waals surface area contributed by atoms with Gasteiger partial charge >= 0.3 is 0 Å². The summed E-state index contributed by atoms with van der Waals surface area (Å²) >= 11 is 6.06. The minimum absolute atomic E-state index is 0.434. The van der Waals surface area contributed by atoms with Gasteiger partial charge in [-0.15, -0.1) is 0 Å². The molecule has 92 valence electrons. The first kappa shape index (κ1) is 12.5. The normalized spacial score (nSPS) is 10.1. The van der Waals surface area contributed by atoms with Crippen molar-refractivity contribution in [1.29, 1.82) is 0 Å². The number of nitrogens with one attached hydrogen (secondary N) is 1. The fraction of sp³-hybridized carbons (Fsp3) is 0.0714. The monoisotopic (exact) mass is 260 g/mol. The Morgan fingerprint density at radius 3 is 2.67 bits per heavy atom. The average Bonchev–Trinajstić information content (AvgIpc) is 2.38. The van der Waals surface area contributed by atoms with Gasteiger partial charge in [-0.25, -0.2) is 0 Å². The van der Waals surface area contributed by atoms with Crippen molar-refractivity contribution in [1.82, 2.24) is 0 Å². The first-order valence-electron chi connectivity index (χ1n) is 5.54. The van der Waals surface area contributed by atoms with E-state index in [1.54, 1.807) is 18.2 Å². The van der Waals surface area contributed by atoms with Crippen molar-refractivity contribution < 1.29 is 4.79 Å². The molecule has 0 atom stereocenters. The van der Waals surface area contributed by atoms with Gasteiger partial charge in [0.15, 0.2) is 0 Å². The van der Waals surface area contributed by atoms with E-state index in [4.69, 9.17) is 17.3 Å². The zero-order valence-electron chi connectivity index (χ0n) is 9.69. The van der Waals surface area contributed by atoms with E-state index in [2.05, 4.69) is 5.32 Å². The van der Waals surface area contributed by atoms with Crippen LogP contribution in [-0.2, 0) is 6.54 Å². The number of halogens is 1. The molecule has 2 aromatic rings. The molecule has 0 unspecified atom stereocenters. The molecule has 3 N–H and O–H groups in total. The van der Waals surface area contributed by atoms with E-state index in [1.165, 1.54) is 0 Å². The zero-order chi connectivity index (χ0) is 13.0. The lowest BCUT2D eigenvalue weighted by molar-refractivity contribution is 0.100. The summed E-state index contributed by atoms with van der Waals surface area (Å²) < 4.78 is 0. The molecule has 0 heterocycles. The first-order chi connectivity index (χ1) is 8.66. The molecule has 0 saturated heterocycles. The number of amides is 1. The van der Waals surface area contributed by atoms with Gasteiger partial charge in [0, 0.05) is 22.8 Å². The Morgan fingerprint density at radius 2 is 1.94 bits per heavy atom. The Labute approximate surface area is 111 Å². The average molecular weight is 261 g/mol. The molecule has 1 amide bonds. The van der Waals surface area contributed by atoms with Crippen LogP contribution in [0.15, 0.2) is 48.5 Å². The van der Waals surface area contributed by atoms with Crippen LogP contribution in [0.4, 0.5) is 5.69 Å². The largest absolute Gasteiger partial charge is 0.381 e. The van der Waals surface area contributed by atoms with Crippen molar-refractivity contribution in [2.45, 2.75) is 6.54 Å². The molecule has 4 heteroatoms. The Kier molecular flexibility index (Phi) is 3.85. The van der Waals surface area contributed by atoms with Crippen molar-refractivity contribution in [2.24, 2.45) is 5.73 Å². The van der Waals surface area contributed by atoms with Gasteiger partial charge in [-0.05, 0) is 29.8 Å². The molecule has 0 aliphatic heterocycles. The number of primary amides is 1. The number of carbonyl (C=O) groups excluding carboxylic acids is 1. The Balaban J connectivity index is 2.09. The van der Waals surface area contributed by atoms with Crippen molar-refractivity contribution in [3.63, 3.8) is 0 Å². The predicted molar refractivity (Wildman–Crippen MR) is 73.7 cm³/mol. The maximum Gasteiger partial charge on any atom is 0.248 e. The van der Waals surface area contributed by atoms with E-state index in [0.717, 1.165) is 16.3 Å². The van der Waals surface area contributed by atoms with E-state index in [-0.39, 0.29) is 0 Å². The van der Waals surface area contributed by atoms with Crippen LogP contribution in [0.5, 0.6) is 0 Å². The van der Waals surface area contributed by atoms with Crippen LogP contribution in [-0.4, -0.2) is 5.91 Å². The number of rotatable bonds is 4. The molecule has 0 saturated carbocycles. The number of nitrogens with two attached hydrogens (primary N) is 1. The van der Waals surface area contributed by atoms with Crippen LogP contribution in [0, 0.1) is 0 Å². The second kappa shape index (κ2) is 5.56. The summed E-state index contributed by atoms with van der Waals surface area (Å²) in [4.78, 5) is 11.1. The van der Waals surface area contributed by atoms with Crippen molar-refractivity contribution in [3.05, 3.63) is 64.7 Å². The van der Waals surface area contributed by atoms with E-state index in [0.29, 0.717) is 12.1 Å². The zero-order valence-corrected chi connectivity index (χ0v) is 10.4. The van der Waals surface area contributed by atoms with Crippen LogP contribution in [0.3, 0.4) is 0 Å². The summed E-state index contributed by atoms with van der Waals surface area (Å²) in [6.07, 6.45) is 0. The highest BCUT2D eigenvalue weighted by Gasteiger charge is 2.02. The smallest absolute Gasteiger partial charge is 0.248 e. The van der Waals surface area contributed by atoms with Gasteiger partial charge in [-0.2, -0.15) is 0 Å². The molecule has 2 rings (SSSR count). The number of hydrogen-bond donors (Lipinski definition) is 2. The third-order valence-corrected chi connectivity index (χ3v) is 2.96. The van der Waals surface area contributed by atoms with Gasteiger partial charge in [-0.3, -0.25) is 4.79 Å². The summed E-state index contributed by atoms with van der Waals surface area (Å²) in [5.41, 5.74) is 7.55. The van der Waals surface area contributed by atoms with Crippen LogP contribution >= 0.6 is 11.6 Å². The lowest BCUT2D eigenvalue weighted by Gasteiger charge is -2.08. The van der Waals surface area contributed by atoms with Gasteiger partial charge in [0.2, 0.25) is 5.91 Å². The molecule has 0 aliphatic carbocycles. The number of hydrogen-bond acceptors (Lipinski definition) is 2. The van der Waals surface area contributed by atoms with Gasteiger partial charge in [0.25, 0.3) is 0 Å². The van der Waals surface area contributed by atoms with E-state index in [9.17, 15) is 4.79 Å². The molecule has 0 spiro atoms. The van der Waals surface area contributed by atoms with E-state index < -0.39 is 5.91 Å². The molecule has 3 nitrogen and oxygen atoms in total. The number of carbonyl (C=O) groups is 1. The number of benzene rings is 2. The number of anilines is 1. The lowest BCUT2D eigenvalue weighted by atomic mass is 10.2. The van der Waals surface area contributed by atoms with Gasteiger partial charge in [-0.1, -0.05) is 35.9 Å². The molecule has 18 heavy (non-hydrogen) atoms. The Hall–Kier alpha value is -2.00. The van der Waals surface area contributed by atoms with Crippen molar-refractivity contribution >= 4 is 23.2 Å². The standard InChI is InChI=1S/C14H13ClN2O/c15-13-7-2-1-4-11(13)9-17-12-6-3-5-10(8-12)14(16)18/h1-8,17H,9H2,(H2,16,18). The molecule has 0 aliphatic rings. The quantitative estimate of drug-likeness (QED) is 0.888. The predicted octanol–water partition coefficient (Wildman–Crippen LogP) is 3.05. The second-order valence-electron chi connectivity index (χ2n) is 3.89. The summed E-state index contributed by atoms with van der Waals surface area (Å²) in [5, 5.41) is 3.92. The highest BCUT2D eigenvalue weighted by Crippen LogP contribution is 2.17. The maximum atomic E-state index is 11.1. The topological polar surface area (TPSA) is 55.1 Å². The molecule has 0 aromatic heterocycles. The molecular weight excluding hydrogens is 248 g/mol. The molecule has 0 bridgehead atoms. The Bertz CT molecular complexity index is 569. The minimum atomic E-state index is -0.434. The van der Waals surface area contributed by atoms with Gasteiger partial charge in [0.05, 0.1) is 0 Å². The van der Waals surface area contributed by atoms with Crippen LogP contribution in [0.25, 0.3) is 0 Å². The molecule has 2 aromatic carbocycles. The third kappa shape index (κ3) is 3.02. The van der Waals surface area contributed by atoms with Crippen LogP contribution in [0.1, 0.15) is 15.9 Å². The minimum Gasteiger partial charge on any atom is -0.381 e. The van der Waals surface area contributed by atoms with E-state index >= 15 is 0 Å². The Morgan fingerprint density at radius 1 is 1.17 bits per heavy atom. The summed E-state index contributed by atoms with van der Waals surface area (Å²) in [6, 6.07) is 14.7. The fourth-order valence-electron chi connectivity index (χ4n) is 1.62. The van der Waals surface area contributed by atoms with Crippen molar-refractivity contribution in [3.8, 4) is 0 Å². The molecule has 0 fully saturated rings. The second-order valence-corrected chi connectivity index (χ2v) is 4.30. The lowest BCUT2D eigenvalue weighted by Crippen LogP contribution is -2.11. The highest BCUT2D eigenvalue weighted by molar-refractivity contribution is 6.31. The summed E-state index contributed by atoms with van der Waals surface area (Å²) in [6.45, 7) is 0.599. The van der Waals surface area contributed by atoms with Gasteiger partial charge in [0.1, 0.15) is 0 Å². The summed E-state index contributed by atoms with van der Waals surface area (Å²) in [5.74, 6) is -0.434. The van der Waals surface area contributed by atoms with Gasteiger partial charge < -0.3 is 11.1 Å².